The quantitative estimate of drug-likeness (QED) is 0.869. The predicted molar refractivity (Wildman–Crippen MR) is 66.5 cm³/mol. The lowest BCUT2D eigenvalue weighted by Gasteiger charge is -2.12. The minimum Gasteiger partial charge on any atom is -0.478 e. The molecule has 92 valence electrons. The number of hydrogen-bond acceptors (Lipinski definition) is 2. The van der Waals surface area contributed by atoms with Crippen LogP contribution in [-0.4, -0.2) is 17.0 Å². The van der Waals surface area contributed by atoms with Gasteiger partial charge in [0, 0.05) is 10.9 Å². The van der Waals surface area contributed by atoms with Crippen molar-refractivity contribution < 1.29 is 14.7 Å². The second-order valence-electron chi connectivity index (χ2n) is 3.79. The lowest BCUT2D eigenvalue weighted by atomic mass is 10.1. The summed E-state index contributed by atoms with van der Waals surface area (Å²) in [6, 6.07) is 4.35. The topological polar surface area (TPSA) is 66.4 Å². The highest BCUT2D eigenvalue weighted by Gasteiger charge is 2.15. The van der Waals surface area contributed by atoms with Gasteiger partial charge in [-0.1, -0.05) is 25.4 Å². The summed E-state index contributed by atoms with van der Waals surface area (Å²) >= 11 is 5.71. The molecule has 0 aromatic heterocycles. The second-order valence-corrected chi connectivity index (χ2v) is 4.23. The number of aromatic carboxylic acids is 1. The van der Waals surface area contributed by atoms with Crippen LogP contribution < -0.4 is 5.32 Å². The Balaban J connectivity index is 2.98. The number of anilines is 1. The molecule has 0 bridgehead atoms. The number of amides is 1. The summed E-state index contributed by atoms with van der Waals surface area (Å²) in [6.45, 7) is 3.68. The van der Waals surface area contributed by atoms with Crippen molar-refractivity contribution in [3.8, 4) is 0 Å². The van der Waals surface area contributed by atoms with Crippen molar-refractivity contribution in [1.82, 2.24) is 0 Å². The van der Waals surface area contributed by atoms with Gasteiger partial charge in [-0.25, -0.2) is 4.79 Å². The maximum absolute atomic E-state index is 11.7. The van der Waals surface area contributed by atoms with Gasteiger partial charge in [-0.2, -0.15) is 0 Å². The normalized spacial score (nSPS) is 11.9. The van der Waals surface area contributed by atoms with Crippen LogP contribution in [0, 0.1) is 5.92 Å². The molecule has 2 N–H and O–H groups in total. The Kier molecular flexibility index (Phi) is 4.52. The fourth-order valence-corrected chi connectivity index (χ4v) is 1.42. The standard InChI is InChI=1S/C12H14ClNO3/c1-3-7(2)11(15)14-10-5-4-8(13)6-9(10)12(16)17/h4-7H,3H2,1-2H3,(H,14,15)(H,16,17)/t7-/m0/s1. The Hall–Kier alpha value is -1.55. The van der Waals surface area contributed by atoms with Crippen LogP contribution in [0.1, 0.15) is 30.6 Å². The van der Waals surface area contributed by atoms with Gasteiger partial charge in [0.1, 0.15) is 0 Å². The fraction of sp³-hybridized carbons (Fsp3) is 0.333. The third-order valence-electron chi connectivity index (χ3n) is 2.53. The number of benzene rings is 1. The second kappa shape index (κ2) is 5.68. The fourth-order valence-electron chi connectivity index (χ4n) is 1.24. The summed E-state index contributed by atoms with van der Waals surface area (Å²) in [5.74, 6) is -1.48. The van der Waals surface area contributed by atoms with E-state index in [0.717, 1.165) is 0 Å². The summed E-state index contributed by atoms with van der Waals surface area (Å²) in [4.78, 5) is 22.7. The molecular weight excluding hydrogens is 242 g/mol. The van der Waals surface area contributed by atoms with E-state index >= 15 is 0 Å². The van der Waals surface area contributed by atoms with Gasteiger partial charge in [-0.15, -0.1) is 0 Å². The first-order valence-corrected chi connectivity index (χ1v) is 5.67. The van der Waals surface area contributed by atoms with Crippen molar-refractivity contribution in [3.05, 3.63) is 28.8 Å². The van der Waals surface area contributed by atoms with Gasteiger partial charge in [-0.05, 0) is 24.6 Å². The van der Waals surface area contributed by atoms with Gasteiger partial charge in [0.15, 0.2) is 0 Å². The first kappa shape index (κ1) is 13.5. The summed E-state index contributed by atoms with van der Waals surface area (Å²) in [5, 5.41) is 11.9. The average molecular weight is 256 g/mol. The molecule has 17 heavy (non-hydrogen) atoms. The lowest BCUT2D eigenvalue weighted by Crippen LogP contribution is -2.21. The zero-order valence-corrected chi connectivity index (χ0v) is 10.4. The molecule has 0 aliphatic heterocycles. The van der Waals surface area contributed by atoms with Gasteiger partial charge in [0.25, 0.3) is 0 Å². The van der Waals surface area contributed by atoms with Crippen LogP contribution in [-0.2, 0) is 4.79 Å². The molecule has 0 heterocycles. The first-order valence-electron chi connectivity index (χ1n) is 5.29. The SMILES string of the molecule is CC[C@H](C)C(=O)Nc1ccc(Cl)cc1C(=O)O. The Labute approximate surface area is 105 Å². The summed E-state index contributed by atoms with van der Waals surface area (Å²) in [6.07, 6.45) is 0.696. The van der Waals surface area contributed by atoms with Crippen LogP contribution in [0.3, 0.4) is 0 Å². The molecule has 1 aromatic rings. The van der Waals surface area contributed by atoms with Crippen LogP contribution in [0.25, 0.3) is 0 Å². The van der Waals surface area contributed by atoms with Crippen molar-refractivity contribution in [1.29, 1.82) is 0 Å². The highest BCUT2D eigenvalue weighted by Crippen LogP contribution is 2.21. The molecule has 1 amide bonds. The van der Waals surface area contributed by atoms with Crippen molar-refractivity contribution in [2.24, 2.45) is 5.92 Å². The zero-order valence-electron chi connectivity index (χ0n) is 9.66. The Bertz CT molecular complexity index is 445. The van der Waals surface area contributed by atoms with Crippen molar-refractivity contribution in [3.63, 3.8) is 0 Å². The molecule has 0 radical (unpaired) electrons. The Morgan fingerprint density at radius 2 is 2.12 bits per heavy atom. The van der Waals surface area contributed by atoms with E-state index < -0.39 is 5.97 Å². The number of rotatable bonds is 4. The van der Waals surface area contributed by atoms with E-state index in [4.69, 9.17) is 16.7 Å². The highest BCUT2D eigenvalue weighted by molar-refractivity contribution is 6.31. The van der Waals surface area contributed by atoms with Crippen LogP contribution in [0.4, 0.5) is 5.69 Å². The van der Waals surface area contributed by atoms with Crippen LogP contribution in [0.15, 0.2) is 18.2 Å². The van der Waals surface area contributed by atoms with E-state index in [1.165, 1.54) is 12.1 Å². The van der Waals surface area contributed by atoms with E-state index in [9.17, 15) is 9.59 Å². The third-order valence-corrected chi connectivity index (χ3v) is 2.76. The first-order chi connectivity index (χ1) is 7.95. The van der Waals surface area contributed by atoms with Gasteiger partial charge >= 0.3 is 5.97 Å². The van der Waals surface area contributed by atoms with E-state index in [1.54, 1.807) is 13.0 Å². The molecule has 0 saturated heterocycles. The smallest absolute Gasteiger partial charge is 0.337 e. The molecule has 0 spiro atoms. The largest absolute Gasteiger partial charge is 0.478 e. The summed E-state index contributed by atoms with van der Waals surface area (Å²) in [5.41, 5.74) is 0.265. The maximum atomic E-state index is 11.7. The molecule has 0 unspecified atom stereocenters. The van der Waals surface area contributed by atoms with Crippen LogP contribution in [0.2, 0.25) is 5.02 Å². The molecule has 1 aromatic carbocycles. The summed E-state index contributed by atoms with van der Waals surface area (Å²) < 4.78 is 0. The molecule has 5 heteroatoms. The molecule has 4 nitrogen and oxygen atoms in total. The minimum atomic E-state index is -1.12. The Morgan fingerprint density at radius 3 is 2.65 bits per heavy atom. The average Bonchev–Trinajstić information content (AvgIpc) is 2.29. The number of nitrogens with one attached hydrogen (secondary N) is 1. The van der Waals surface area contributed by atoms with Gasteiger partial charge < -0.3 is 10.4 Å². The molecule has 0 aliphatic rings. The van der Waals surface area contributed by atoms with Crippen molar-refractivity contribution in [2.45, 2.75) is 20.3 Å². The summed E-state index contributed by atoms with van der Waals surface area (Å²) in [7, 11) is 0. The van der Waals surface area contributed by atoms with Gasteiger partial charge in [0.2, 0.25) is 5.91 Å². The van der Waals surface area contributed by atoms with E-state index in [2.05, 4.69) is 5.32 Å². The number of carbonyl (C=O) groups excluding carboxylic acids is 1. The van der Waals surface area contributed by atoms with Crippen molar-refractivity contribution in [2.75, 3.05) is 5.32 Å². The molecule has 1 rings (SSSR count). The molecular formula is C12H14ClNO3. The Morgan fingerprint density at radius 1 is 1.47 bits per heavy atom. The lowest BCUT2D eigenvalue weighted by molar-refractivity contribution is -0.119. The molecule has 0 saturated carbocycles. The molecule has 0 aliphatic carbocycles. The van der Waals surface area contributed by atoms with E-state index in [-0.39, 0.29) is 23.1 Å². The number of carbonyl (C=O) groups is 2. The van der Waals surface area contributed by atoms with E-state index in [1.807, 2.05) is 6.92 Å². The number of carboxylic acids is 1. The monoisotopic (exact) mass is 255 g/mol. The van der Waals surface area contributed by atoms with Gasteiger partial charge in [-0.3, -0.25) is 4.79 Å². The maximum Gasteiger partial charge on any atom is 0.337 e. The number of carboxylic acid groups (broad SMARTS) is 1. The molecule has 0 fully saturated rings. The zero-order chi connectivity index (χ0) is 13.0. The highest BCUT2D eigenvalue weighted by atomic mass is 35.5. The molecule has 1 atom stereocenters. The van der Waals surface area contributed by atoms with E-state index in [0.29, 0.717) is 11.4 Å². The van der Waals surface area contributed by atoms with Gasteiger partial charge in [0.05, 0.1) is 11.3 Å². The third kappa shape index (κ3) is 3.46. The number of halogens is 1. The van der Waals surface area contributed by atoms with Crippen LogP contribution in [0.5, 0.6) is 0 Å². The number of hydrogen-bond donors (Lipinski definition) is 2. The predicted octanol–water partition coefficient (Wildman–Crippen LogP) is 3.02. The minimum absolute atomic E-state index is 0.00541. The van der Waals surface area contributed by atoms with Crippen molar-refractivity contribution >= 4 is 29.2 Å². The van der Waals surface area contributed by atoms with Crippen LogP contribution >= 0.6 is 11.6 Å².